The number of Topliss-reactive ketones (excluding diaryl/α,β-unsaturated/α-hetero) is 1. The molecule has 0 N–H and O–H groups in total. The van der Waals surface area contributed by atoms with E-state index >= 15 is 0 Å². The lowest BCUT2D eigenvalue weighted by Gasteiger charge is -2.22. The molecule has 0 amide bonds. The molecule has 0 aromatic carbocycles. The molecule has 0 bridgehead atoms. The zero-order valence-corrected chi connectivity index (χ0v) is 5.88. The van der Waals surface area contributed by atoms with Crippen molar-refractivity contribution in [2.24, 2.45) is 0 Å². The lowest BCUT2D eigenvalue weighted by atomic mass is 9.91. The fraction of sp³-hybridized carbons (Fsp3) is 0.667. The summed E-state index contributed by atoms with van der Waals surface area (Å²) in [5, 5.41) is 0. The third kappa shape index (κ3) is 1.95. The lowest BCUT2D eigenvalue weighted by molar-refractivity contribution is -0.120. The second-order valence-corrected chi connectivity index (χ2v) is 2.51. The van der Waals surface area contributed by atoms with E-state index in [4.69, 9.17) is 0 Å². The molecule has 0 atom stereocenters. The molecular weight excluding hydrogens is 129 g/mol. The Bertz CT molecular complexity index is 139. The second kappa shape index (κ2) is 3.51. The Kier molecular flexibility index (Phi) is 2.62. The van der Waals surface area contributed by atoms with Gasteiger partial charge in [0, 0.05) is 12.8 Å². The van der Waals surface area contributed by atoms with Gasteiger partial charge in [-0.2, -0.15) is 0 Å². The number of hydrogen-bond acceptors (Lipinski definition) is 3. The van der Waals surface area contributed by atoms with E-state index < -0.39 is 0 Å². The molecule has 1 fully saturated rings. The highest BCUT2D eigenvalue weighted by molar-refractivity contribution is 6.64. The number of hydrogen-bond donors (Lipinski definition) is 0. The SMILES string of the molecule is O=CBN1CCC(=O)CC1. The van der Waals surface area contributed by atoms with Gasteiger partial charge in [-0.3, -0.25) is 4.79 Å². The highest BCUT2D eigenvalue weighted by atomic mass is 16.1. The molecule has 3 nitrogen and oxygen atoms in total. The monoisotopic (exact) mass is 139 g/mol. The Morgan fingerprint density at radius 2 is 2.00 bits per heavy atom. The summed E-state index contributed by atoms with van der Waals surface area (Å²) in [6.07, 6.45) is 2.12. The number of rotatable bonds is 2. The zero-order valence-electron chi connectivity index (χ0n) is 5.88. The van der Waals surface area contributed by atoms with Gasteiger partial charge in [0.15, 0.2) is 0 Å². The summed E-state index contributed by atoms with van der Waals surface area (Å²) in [4.78, 5) is 22.7. The first-order valence-corrected chi connectivity index (χ1v) is 3.50. The van der Waals surface area contributed by atoms with Gasteiger partial charge in [-0.05, 0) is 13.1 Å². The van der Waals surface area contributed by atoms with Crippen molar-refractivity contribution in [3.8, 4) is 0 Å². The Balaban J connectivity index is 2.25. The molecule has 4 heteroatoms. The van der Waals surface area contributed by atoms with Crippen molar-refractivity contribution in [1.29, 1.82) is 0 Å². The summed E-state index contributed by atoms with van der Waals surface area (Å²) < 4.78 is 0. The summed E-state index contributed by atoms with van der Waals surface area (Å²) in [6.45, 7) is 1.52. The maximum absolute atomic E-state index is 10.7. The predicted molar refractivity (Wildman–Crippen MR) is 39.7 cm³/mol. The van der Waals surface area contributed by atoms with Crippen LogP contribution in [0, 0.1) is 0 Å². The molecule has 1 aliphatic rings. The highest BCUT2D eigenvalue weighted by Crippen LogP contribution is 2.02. The van der Waals surface area contributed by atoms with E-state index in [9.17, 15) is 9.59 Å². The minimum absolute atomic E-state index is 0.321. The molecule has 0 spiro atoms. The van der Waals surface area contributed by atoms with Crippen LogP contribution in [0.4, 0.5) is 0 Å². The summed E-state index contributed by atoms with van der Waals surface area (Å²) in [7, 11) is 0.479. The molecule has 1 heterocycles. The first kappa shape index (κ1) is 7.47. The normalized spacial score (nSPS) is 20.6. The molecule has 0 aromatic rings. The molecule has 1 rings (SSSR count). The van der Waals surface area contributed by atoms with Crippen LogP contribution >= 0.6 is 0 Å². The Morgan fingerprint density at radius 1 is 1.40 bits per heavy atom. The van der Waals surface area contributed by atoms with E-state index in [0.29, 0.717) is 26.0 Å². The molecule has 0 aliphatic carbocycles. The highest BCUT2D eigenvalue weighted by Gasteiger charge is 2.15. The third-order valence-corrected chi connectivity index (χ3v) is 1.75. The van der Waals surface area contributed by atoms with Crippen LogP contribution < -0.4 is 0 Å². The maximum Gasteiger partial charge on any atom is 0.281 e. The van der Waals surface area contributed by atoms with Crippen molar-refractivity contribution in [2.75, 3.05) is 13.1 Å². The van der Waals surface area contributed by atoms with Gasteiger partial charge >= 0.3 is 0 Å². The predicted octanol–water partition coefficient (Wildman–Crippen LogP) is -0.807. The van der Waals surface area contributed by atoms with Crippen LogP contribution in [-0.2, 0) is 9.59 Å². The van der Waals surface area contributed by atoms with Crippen LogP contribution in [0.25, 0.3) is 0 Å². The lowest BCUT2D eigenvalue weighted by Crippen LogP contribution is -2.37. The van der Waals surface area contributed by atoms with E-state index in [0.717, 1.165) is 19.3 Å². The van der Waals surface area contributed by atoms with E-state index in [2.05, 4.69) is 0 Å². The number of piperidine rings is 1. The van der Waals surface area contributed by atoms with Crippen molar-refractivity contribution in [3.63, 3.8) is 0 Å². The summed E-state index contributed by atoms with van der Waals surface area (Å²) >= 11 is 0. The van der Waals surface area contributed by atoms with Gasteiger partial charge in [0.05, 0.1) is 6.19 Å². The topological polar surface area (TPSA) is 37.4 Å². The number of ketones is 1. The van der Waals surface area contributed by atoms with Gasteiger partial charge in [0.2, 0.25) is 0 Å². The molecule has 54 valence electrons. The fourth-order valence-electron chi connectivity index (χ4n) is 1.09. The Morgan fingerprint density at radius 3 is 2.50 bits per heavy atom. The van der Waals surface area contributed by atoms with Crippen LogP contribution in [0.5, 0.6) is 0 Å². The Hall–Kier alpha value is -0.635. The quantitative estimate of drug-likeness (QED) is 0.371. The smallest absolute Gasteiger partial charge is 0.281 e. The van der Waals surface area contributed by atoms with Gasteiger partial charge in [-0.15, -0.1) is 0 Å². The molecule has 0 aromatic heterocycles. The van der Waals surface area contributed by atoms with Crippen LogP contribution in [-0.4, -0.2) is 37.3 Å². The number of carbonyl (C=O) groups is 2. The van der Waals surface area contributed by atoms with E-state index in [1.54, 1.807) is 0 Å². The second-order valence-electron chi connectivity index (χ2n) is 2.51. The molecule has 0 saturated carbocycles. The van der Waals surface area contributed by atoms with E-state index in [-0.39, 0.29) is 0 Å². The van der Waals surface area contributed by atoms with Crippen molar-refractivity contribution < 1.29 is 9.59 Å². The molecule has 0 unspecified atom stereocenters. The van der Waals surface area contributed by atoms with Crippen molar-refractivity contribution in [3.05, 3.63) is 0 Å². The largest absolute Gasteiger partial charge is 0.338 e. The zero-order chi connectivity index (χ0) is 7.40. The van der Waals surface area contributed by atoms with E-state index in [1.165, 1.54) is 0 Å². The average Bonchev–Trinajstić information content (AvgIpc) is 1.95. The third-order valence-electron chi connectivity index (χ3n) is 1.75. The van der Waals surface area contributed by atoms with Crippen LogP contribution in [0.1, 0.15) is 12.8 Å². The van der Waals surface area contributed by atoms with Crippen LogP contribution in [0.15, 0.2) is 0 Å². The molecule has 1 saturated heterocycles. The summed E-state index contributed by atoms with van der Waals surface area (Å²) in [6, 6.07) is 0. The summed E-state index contributed by atoms with van der Waals surface area (Å²) in [5.41, 5.74) is 0. The maximum atomic E-state index is 10.7. The Labute approximate surface area is 60.7 Å². The summed E-state index contributed by atoms with van der Waals surface area (Å²) in [5.74, 6) is 0.321. The van der Waals surface area contributed by atoms with Gasteiger partial charge in [0.1, 0.15) is 5.78 Å². The molecule has 10 heavy (non-hydrogen) atoms. The van der Waals surface area contributed by atoms with Crippen molar-refractivity contribution in [1.82, 2.24) is 4.81 Å². The molecular formula is C6H10BNO2. The van der Waals surface area contributed by atoms with Crippen molar-refractivity contribution >= 4 is 19.4 Å². The van der Waals surface area contributed by atoms with Gasteiger partial charge in [-0.1, -0.05) is 0 Å². The molecule has 1 aliphatic heterocycles. The van der Waals surface area contributed by atoms with Crippen molar-refractivity contribution in [2.45, 2.75) is 12.8 Å². The number of nitrogens with zero attached hydrogens (tertiary/aromatic N) is 1. The van der Waals surface area contributed by atoms with Crippen LogP contribution in [0.2, 0.25) is 0 Å². The average molecular weight is 139 g/mol. The van der Waals surface area contributed by atoms with Gasteiger partial charge in [-0.25, -0.2) is 0 Å². The fourth-order valence-corrected chi connectivity index (χ4v) is 1.09. The first-order valence-electron chi connectivity index (χ1n) is 3.50. The molecule has 0 radical (unpaired) electrons. The minimum atomic E-state index is 0.321. The first-order chi connectivity index (χ1) is 4.83. The van der Waals surface area contributed by atoms with E-state index in [1.807, 2.05) is 4.81 Å². The standard InChI is InChI=1S/C6H10BNO2/c9-5-7-8-3-1-6(10)2-4-8/h5,7H,1-4H2. The van der Waals surface area contributed by atoms with Crippen LogP contribution in [0.3, 0.4) is 0 Å². The minimum Gasteiger partial charge on any atom is -0.338 e. The number of carbonyl (C=O) groups excluding carboxylic acids is 2. The van der Waals surface area contributed by atoms with Gasteiger partial charge < -0.3 is 9.61 Å². The van der Waals surface area contributed by atoms with Gasteiger partial charge in [0.25, 0.3) is 7.41 Å².